The third kappa shape index (κ3) is 4.47. The summed E-state index contributed by atoms with van der Waals surface area (Å²) >= 11 is 5.78. The van der Waals surface area contributed by atoms with E-state index in [4.69, 9.17) is 11.6 Å². The van der Waals surface area contributed by atoms with E-state index in [1.54, 1.807) is 0 Å². The second-order valence-electron chi connectivity index (χ2n) is 5.50. The topological polar surface area (TPSA) is 99.4 Å². The number of carbonyl (C=O) groups excluding carboxylic acids is 2. The van der Waals surface area contributed by atoms with Crippen molar-refractivity contribution in [1.29, 1.82) is 0 Å². The van der Waals surface area contributed by atoms with Crippen molar-refractivity contribution in [1.82, 2.24) is 9.13 Å². The summed E-state index contributed by atoms with van der Waals surface area (Å²) in [6, 6.07) is 1.46. The van der Waals surface area contributed by atoms with Crippen LogP contribution in [-0.2, 0) is 27.5 Å². The lowest BCUT2D eigenvalue weighted by molar-refractivity contribution is -0.152. The zero-order chi connectivity index (χ0) is 22.1. The van der Waals surface area contributed by atoms with Gasteiger partial charge in [-0.2, -0.15) is 13.2 Å². The fourth-order valence-corrected chi connectivity index (χ4v) is 2.49. The van der Waals surface area contributed by atoms with E-state index in [0.717, 1.165) is 13.1 Å². The molecule has 8 nitrogen and oxygen atoms in total. The predicted molar refractivity (Wildman–Crippen MR) is 92.5 cm³/mol. The third-order valence-corrected chi connectivity index (χ3v) is 3.91. The number of carbonyl (C=O) groups is 2. The van der Waals surface area contributed by atoms with Gasteiger partial charge in [0.05, 0.1) is 23.0 Å². The van der Waals surface area contributed by atoms with E-state index in [-0.39, 0.29) is 27.5 Å². The van der Waals surface area contributed by atoms with Crippen LogP contribution in [0.15, 0.2) is 27.8 Å². The highest BCUT2D eigenvalue weighted by Crippen LogP contribution is 2.29. The average molecular weight is 438 g/mol. The Balaban J connectivity index is 2.64. The monoisotopic (exact) mass is 437 g/mol. The molecule has 0 aliphatic carbocycles. The molecule has 0 saturated heterocycles. The van der Waals surface area contributed by atoms with E-state index < -0.39 is 51.5 Å². The number of benzene rings is 1. The molecule has 2 aromatic rings. The van der Waals surface area contributed by atoms with Crippen LogP contribution in [0.2, 0.25) is 5.02 Å². The number of anilines is 1. The summed E-state index contributed by atoms with van der Waals surface area (Å²) in [7, 11) is 0.748. The molecule has 0 fully saturated rings. The van der Waals surface area contributed by atoms with Gasteiger partial charge in [0.25, 0.3) is 5.56 Å². The Kier molecular flexibility index (Phi) is 6.16. The molecule has 1 amide bonds. The van der Waals surface area contributed by atoms with Crippen molar-refractivity contribution in [3.8, 4) is 5.69 Å². The van der Waals surface area contributed by atoms with Crippen molar-refractivity contribution in [3.63, 3.8) is 0 Å². The number of nitrogens with zero attached hydrogens (tertiary/aromatic N) is 2. The van der Waals surface area contributed by atoms with Crippen molar-refractivity contribution >= 4 is 29.2 Å². The summed E-state index contributed by atoms with van der Waals surface area (Å²) in [5.41, 5.74) is -5.66. The van der Waals surface area contributed by atoms with Crippen molar-refractivity contribution in [2.75, 3.05) is 11.9 Å². The zero-order valence-corrected chi connectivity index (χ0v) is 15.5. The quantitative estimate of drug-likeness (QED) is 0.449. The van der Waals surface area contributed by atoms with Crippen molar-refractivity contribution in [3.05, 3.63) is 55.6 Å². The Labute approximate surface area is 164 Å². The van der Waals surface area contributed by atoms with Gasteiger partial charge in [0, 0.05) is 13.1 Å². The van der Waals surface area contributed by atoms with Gasteiger partial charge in [0.15, 0.2) is 0 Å². The zero-order valence-electron chi connectivity index (χ0n) is 14.8. The number of amides is 1. The minimum atomic E-state index is -5.00. The van der Waals surface area contributed by atoms with Crippen LogP contribution in [0.25, 0.3) is 5.69 Å². The minimum Gasteiger partial charge on any atom is -0.459 e. The summed E-state index contributed by atoms with van der Waals surface area (Å²) in [6.07, 6.45) is -5.00. The van der Waals surface area contributed by atoms with Crippen LogP contribution in [-0.4, -0.2) is 27.6 Å². The number of aromatic nitrogens is 2. The molecule has 1 N–H and O–H groups in total. The van der Waals surface area contributed by atoms with Crippen LogP contribution >= 0.6 is 11.6 Å². The number of esters is 1. The van der Waals surface area contributed by atoms with E-state index >= 15 is 0 Å². The van der Waals surface area contributed by atoms with Gasteiger partial charge in [0.2, 0.25) is 0 Å². The van der Waals surface area contributed by atoms with Crippen LogP contribution in [0.4, 0.5) is 23.2 Å². The summed E-state index contributed by atoms with van der Waals surface area (Å²) in [5.74, 6) is -3.79. The Morgan fingerprint density at radius 3 is 2.38 bits per heavy atom. The number of rotatable bonds is 3. The van der Waals surface area contributed by atoms with Gasteiger partial charge in [-0.3, -0.25) is 14.2 Å². The van der Waals surface area contributed by atoms with Gasteiger partial charge in [-0.05, 0) is 19.1 Å². The lowest BCUT2D eigenvalue weighted by atomic mass is 10.2. The first kappa shape index (κ1) is 22.1. The van der Waals surface area contributed by atoms with Gasteiger partial charge >= 0.3 is 23.7 Å². The first-order valence-electron chi connectivity index (χ1n) is 7.76. The predicted octanol–water partition coefficient (Wildman–Crippen LogP) is 1.85. The van der Waals surface area contributed by atoms with Crippen LogP contribution in [0.1, 0.15) is 12.6 Å². The summed E-state index contributed by atoms with van der Waals surface area (Å²) in [4.78, 5) is 47.5. The second kappa shape index (κ2) is 8.07. The number of ether oxygens (including phenoxy) is 1. The maximum Gasteiger partial charge on any atom is 0.431 e. The highest BCUT2D eigenvalue weighted by atomic mass is 35.5. The highest BCUT2D eigenvalue weighted by molar-refractivity contribution is 6.39. The molecule has 1 aromatic heterocycles. The molecule has 0 atom stereocenters. The standard InChI is InChI=1S/C16H12ClF4N3O5/c1-3-29-14(27)13(26)22-9-5-10(8(18)4-7(9)17)24-12(25)6-11(16(19,20)21)23(2)15(24)28/h4-6H,3H2,1-2H3,(H,22,26). The molecule has 0 bridgehead atoms. The Morgan fingerprint density at radius 1 is 1.21 bits per heavy atom. The van der Waals surface area contributed by atoms with Gasteiger partial charge in [-0.25, -0.2) is 18.5 Å². The molecule has 156 valence electrons. The van der Waals surface area contributed by atoms with Crippen LogP contribution in [0.3, 0.4) is 0 Å². The largest absolute Gasteiger partial charge is 0.459 e. The van der Waals surface area contributed by atoms with Crippen molar-refractivity contribution in [2.24, 2.45) is 7.05 Å². The Bertz CT molecular complexity index is 1110. The van der Waals surface area contributed by atoms with Crippen molar-refractivity contribution < 1.29 is 31.9 Å². The van der Waals surface area contributed by atoms with Gasteiger partial charge in [-0.1, -0.05) is 11.6 Å². The van der Waals surface area contributed by atoms with Crippen molar-refractivity contribution in [2.45, 2.75) is 13.1 Å². The molecule has 0 aliphatic heterocycles. The SMILES string of the molecule is CCOC(=O)C(=O)Nc1cc(-n2c(=O)cc(C(F)(F)F)n(C)c2=O)c(F)cc1Cl. The molecule has 2 rings (SSSR count). The molecule has 1 heterocycles. The first-order chi connectivity index (χ1) is 13.4. The fourth-order valence-electron chi connectivity index (χ4n) is 2.29. The number of nitrogens with one attached hydrogen (secondary N) is 1. The van der Waals surface area contributed by atoms with E-state index in [2.05, 4.69) is 4.74 Å². The molecule has 0 aliphatic rings. The van der Waals surface area contributed by atoms with E-state index in [1.165, 1.54) is 6.92 Å². The Morgan fingerprint density at radius 2 is 1.83 bits per heavy atom. The molecule has 0 spiro atoms. The van der Waals surface area contributed by atoms with E-state index in [1.807, 2.05) is 5.32 Å². The van der Waals surface area contributed by atoms with Gasteiger partial charge in [-0.15, -0.1) is 0 Å². The maximum absolute atomic E-state index is 14.3. The molecule has 0 saturated carbocycles. The molecule has 13 heteroatoms. The van der Waals surface area contributed by atoms with E-state index in [9.17, 15) is 36.7 Å². The number of alkyl halides is 3. The summed E-state index contributed by atoms with van der Waals surface area (Å²) in [5, 5.41) is 1.60. The molecule has 1 aromatic carbocycles. The number of hydrogen-bond acceptors (Lipinski definition) is 5. The Hall–Kier alpha value is -3.15. The summed E-state index contributed by atoms with van der Waals surface area (Å²) < 4.78 is 57.8. The fraction of sp³-hybridized carbons (Fsp3) is 0.250. The number of halogens is 5. The molecule has 29 heavy (non-hydrogen) atoms. The minimum absolute atomic E-state index is 0.106. The molecule has 0 unspecified atom stereocenters. The van der Waals surface area contributed by atoms with Gasteiger partial charge < -0.3 is 10.1 Å². The van der Waals surface area contributed by atoms with Crippen LogP contribution in [0, 0.1) is 5.82 Å². The molecule has 0 radical (unpaired) electrons. The maximum atomic E-state index is 14.3. The normalized spacial score (nSPS) is 11.3. The smallest absolute Gasteiger partial charge is 0.431 e. The lowest BCUT2D eigenvalue weighted by Gasteiger charge is -2.15. The number of hydrogen-bond donors (Lipinski definition) is 1. The van der Waals surface area contributed by atoms with Crippen LogP contribution in [0.5, 0.6) is 0 Å². The lowest BCUT2D eigenvalue weighted by Crippen LogP contribution is -2.41. The van der Waals surface area contributed by atoms with Crippen LogP contribution < -0.4 is 16.6 Å². The average Bonchev–Trinajstić information content (AvgIpc) is 2.60. The summed E-state index contributed by atoms with van der Waals surface area (Å²) in [6.45, 7) is 1.34. The highest BCUT2D eigenvalue weighted by Gasteiger charge is 2.35. The van der Waals surface area contributed by atoms with Gasteiger partial charge in [0.1, 0.15) is 11.5 Å². The van der Waals surface area contributed by atoms with E-state index in [0.29, 0.717) is 6.07 Å². The second-order valence-corrected chi connectivity index (χ2v) is 5.91. The molecular formula is C16H12ClF4N3O5. The third-order valence-electron chi connectivity index (χ3n) is 3.60. The molecular weight excluding hydrogens is 426 g/mol. The first-order valence-corrected chi connectivity index (χ1v) is 8.14.